The van der Waals surface area contributed by atoms with E-state index in [1.165, 1.54) is 18.4 Å². The molecule has 0 spiro atoms. The number of hydrogen-bond donors (Lipinski definition) is 1. The zero-order valence-electron chi connectivity index (χ0n) is 19.6. The van der Waals surface area contributed by atoms with Crippen molar-refractivity contribution in [2.75, 3.05) is 25.9 Å². The molecule has 0 radical (unpaired) electrons. The van der Waals surface area contributed by atoms with E-state index < -0.39 is 0 Å². The molecule has 1 saturated heterocycles. The average Bonchev–Trinajstić information content (AvgIpc) is 3.20. The Kier molecular flexibility index (Phi) is 6.02. The molecule has 34 heavy (non-hydrogen) atoms. The summed E-state index contributed by atoms with van der Waals surface area (Å²) >= 11 is 0. The number of esters is 1. The van der Waals surface area contributed by atoms with Crippen LogP contribution in [0, 0.1) is 0 Å². The summed E-state index contributed by atoms with van der Waals surface area (Å²) in [7, 11) is 3.50. The number of likely N-dealkylation sites (tertiary alicyclic amines) is 1. The largest absolute Gasteiger partial charge is 0.465 e. The van der Waals surface area contributed by atoms with Gasteiger partial charge in [0, 0.05) is 42.6 Å². The second kappa shape index (κ2) is 9.27. The number of pyridine rings is 2. The van der Waals surface area contributed by atoms with Gasteiger partial charge in [0.1, 0.15) is 11.5 Å². The van der Waals surface area contributed by atoms with E-state index in [9.17, 15) is 4.79 Å². The third-order valence-corrected chi connectivity index (χ3v) is 6.90. The van der Waals surface area contributed by atoms with Crippen molar-refractivity contribution in [2.24, 2.45) is 7.05 Å². The van der Waals surface area contributed by atoms with Gasteiger partial charge in [-0.25, -0.2) is 14.8 Å². The lowest BCUT2D eigenvalue weighted by molar-refractivity contribution is 0.0600. The molecule has 0 atom stereocenters. The highest BCUT2D eigenvalue weighted by Crippen LogP contribution is 2.32. The lowest BCUT2D eigenvalue weighted by Gasteiger charge is -2.32. The van der Waals surface area contributed by atoms with Gasteiger partial charge in [0.05, 0.1) is 12.7 Å². The molecular weight excluding hydrogens is 426 g/mol. The number of fused-ring (bicyclic) bond motifs is 1. The van der Waals surface area contributed by atoms with E-state index in [4.69, 9.17) is 10.5 Å². The number of methoxy groups -OCH3 is 1. The van der Waals surface area contributed by atoms with Crippen molar-refractivity contribution in [3.05, 3.63) is 77.7 Å². The molecule has 174 valence electrons. The molecule has 7 heteroatoms. The molecule has 5 rings (SSSR count). The van der Waals surface area contributed by atoms with Crippen LogP contribution in [0.2, 0.25) is 0 Å². The third-order valence-electron chi connectivity index (χ3n) is 6.90. The molecule has 0 aliphatic carbocycles. The summed E-state index contributed by atoms with van der Waals surface area (Å²) in [6.07, 6.45) is 5.87. The molecule has 0 unspecified atom stereocenters. The predicted octanol–water partition coefficient (Wildman–Crippen LogP) is 4.38. The summed E-state index contributed by atoms with van der Waals surface area (Å²) in [5.74, 6) is 0.744. The highest BCUT2D eigenvalue weighted by atomic mass is 16.5. The highest BCUT2D eigenvalue weighted by Gasteiger charge is 2.22. The van der Waals surface area contributed by atoms with Crippen molar-refractivity contribution >= 4 is 22.8 Å². The van der Waals surface area contributed by atoms with Crippen LogP contribution in [0.15, 0.2) is 60.9 Å². The number of aromatic nitrogens is 3. The van der Waals surface area contributed by atoms with E-state index in [1.807, 2.05) is 42.7 Å². The Hall–Kier alpha value is -3.71. The van der Waals surface area contributed by atoms with Gasteiger partial charge >= 0.3 is 5.97 Å². The summed E-state index contributed by atoms with van der Waals surface area (Å²) in [5.41, 5.74) is 12.0. The molecule has 1 aromatic carbocycles. The molecule has 1 aliphatic rings. The lowest BCUT2D eigenvalue weighted by atomic mass is 9.89. The minimum Gasteiger partial charge on any atom is -0.465 e. The van der Waals surface area contributed by atoms with E-state index >= 15 is 0 Å². The average molecular weight is 456 g/mol. The number of carbonyl (C=O) groups excluding carboxylic acids is 1. The smallest absolute Gasteiger partial charge is 0.337 e. The molecule has 3 aromatic heterocycles. The molecule has 4 heterocycles. The second-order valence-electron chi connectivity index (χ2n) is 8.93. The van der Waals surface area contributed by atoms with Crippen molar-refractivity contribution < 1.29 is 9.53 Å². The van der Waals surface area contributed by atoms with Gasteiger partial charge in [-0.05, 0) is 79.4 Å². The molecule has 7 nitrogen and oxygen atoms in total. The zero-order chi connectivity index (χ0) is 23.7. The van der Waals surface area contributed by atoms with Crippen LogP contribution in [0.5, 0.6) is 0 Å². The Morgan fingerprint density at radius 1 is 1.09 bits per heavy atom. The number of piperidine rings is 1. The topological polar surface area (TPSA) is 86.3 Å². The van der Waals surface area contributed by atoms with Gasteiger partial charge < -0.3 is 15.0 Å². The van der Waals surface area contributed by atoms with Gasteiger partial charge in [-0.1, -0.05) is 12.1 Å². The third kappa shape index (κ3) is 4.26. The van der Waals surface area contributed by atoms with E-state index in [-0.39, 0.29) is 5.97 Å². The summed E-state index contributed by atoms with van der Waals surface area (Å²) in [6.45, 7) is 2.96. The predicted molar refractivity (Wildman–Crippen MR) is 133 cm³/mol. The number of hydrogen-bond acceptors (Lipinski definition) is 6. The van der Waals surface area contributed by atoms with Crippen LogP contribution in [0.4, 0.5) is 5.82 Å². The monoisotopic (exact) mass is 455 g/mol. The van der Waals surface area contributed by atoms with Gasteiger partial charge in [-0.15, -0.1) is 0 Å². The van der Waals surface area contributed by atoms with Crippen molar-refractivity contribution in [3.63, 3.8) is 0 Å². The SMILES string of the molecule is COC(=O)c1ccc(C2CCN(Cc3cc4c(-c5ccc(N)nc5)ccnc4n3C)CC2)cc1. The van der Waals surface area contributed by atoms with Gasteiger partial charge in [0.25, 0.3) is 0 Å². The number of nitrogens with zero attached hydrogens (tertiary/aromatic N) is 4. The van der Waals surface area contributed by atoms with E-state index in [1.54, 1.807) is 0 Å². The van der Waals surface area contributed by atoms with Crippen LogP contribution in [0.3, 0.4) is 0 Å². The van der Waals surface area contributed by atoms with Crippen molar-refractivity contribution in [3.8, 4) is 11.1 Å². The number of nitrogen functional groups attached to an aromatic ring is 1. The first-order chi connectivity index (χ1) is 16.5. The second-order valence-corrected chi connectivity index (χ2v) is 8.93. The first-order valence-electron chi connectivity index (χ1n) is 11.6. The first-order valence-corrected chi connectivity index (χ1v) is 11.6. The highest BCUT2D eigenvalue weighted by molar-refractivity contribution is 5.93. The van der Waals surface area contributed by atoms with Gasteiger partial charge in [-0.3, -0.25) is 4.90 Å². The quantitative estimate of drug-likeness (QED) is 0.450. The summed E-state index contributed by atoms with van der Waals surface area (Å²) in [6, 6.07) is 16.0. The maximum Gasteiger partial charge on any atom is 0.337 e. The number of anilines is 1. The summed E-state index contributed by atoms with van der Waals surface area (Å²) in [5, 5.41) is 1.13. The minimum absolute atomic E-state index is 0.290. The van der Waals surface area contributed by atoms with Gasteiger partial charge in [-0.2, -0.15) is 0 Å². The summed E-state index contributed by atoms with van der Waals surface area (Å²) in [4.78, 5) is 23.1. The number of carbonyl (C=O) groups is 1. The van der Waals surface area contributed by atoms with Crippen molar-refractivity contribution in [1.82, 2.24) is 19.4 Å². The molecule has 2 N–H and O–H groups in total. The van der Waals surface area contributed by atoms with Crippen LogP contribution in [0.1, 0.15) is 40.4 Å². The lowest BCUT2D eigenvalue weighted by Crippen LogP contribution is -2.33. The Bertz CT molecular complexity index is 1300. The molecular formula is C27H29N5O2. The number of ether oxygens (including phenoxy) is 1. The molecule has 4 aromatic rings. The Balaban J connectivity index is 1.29. The van der Waals surface area contributed by atoms with Crippen molar-refractivity contribution in [1.29, 1.82) is 0 Å². The molecule has 1 fully saturated rings. The fraction of sp³-hybridized carbons (Fsp3) is 0.296. The standard InChI is InChI=1S/C27H29N5O2/c1-31-22(15-24-23(9-12-29-26(24)31)21-7-8-25(28)30-16-21)17-32-13-10-19(11-14-32)18-3-5-20(6-4-18)27(33)34-2/h3-9,12,15-16,19H,10-11,13-14,17H2,1-2H3,(H2,28,30). The van der Waals surface area contributed by atoms with Crippen molar-refractivity contribution in [2.45, 2.75) is 25.3 Å². The van der Waals surface area contributed by atoms with Gasteiger partial charge in [0.15, 0.2) is 0 Å². The fourth-order valence-corrected chi connectivity index (χ4v) is 4.90. The fourth-order valence-electron chi connectivity index (χ4n) is 4.90. The van der Waals surface area contributed by atoms with E-state index in [2.05, 4.69) is 44.7 Å². The molecule has 0 saturated carbocycles. The maximum atomic E-state index is 11.7. The molecule has 0 amide bonds. The maximum absolute atomic E-state index is 11.7. The Morgan fingerprint density at radius 2 is 1.85 bits per heavy atom. The number of benzene rings is 1. The molecule has 0 bridgehead atoms. The van der Waals surface area contributed by atoms with Crippen LogP contribution in [0.25, 0.3) is 22.2 Å². The number of nitrogens with two attached hydrogens (primary N) is 1. The summed E-state index contributed by atoms with van der Waals surface area (Å²) < 4.78 is 7.00. The van der Waals surface area contributed by atoms with Crippen LogP contribution in [-0.2, 0) is 18.3 Å². The van der Waals surface area contributed by atoms with E-state index in [0.29, 0.717) is 17.3 Å². The number of rotatable bonds is 5. The van der Waals surface area contributed by atoms with Crippen LogP contribution < -0.4 is 5.73 Å². The number of aryl methyl sites for hydroxylation is 1. The minimum atomic E-state index is -0.290. The normalized spacial score (nSPS) is 15.0. The molecule has 1 aliphatic heterocycles. The Morgan fingerprint density at radius 3 is 2.53 bits per heavy atom. The van der Waals surface area contributed by atoms with Crippen LogP contribution in [-0.4, -0.2) is 45.6 Å². The van der Waals surface area contributed by atoms with Crippen LogP contribution >= 0.6 is 0 Å². The first kappa shape index (κ1) is 22.1. The van der Waals surface area contributed by atoms with Gasteiger partial charge in [0.2, 0.25) is 0 Å². The zero-order valence-corrected chi connectivity index (χ0v) is 19.6. The Labute approximate surface area is 199 Å². The van der Waals surface area contributed by atoms with E-state index in [0.717, 1.165) is 54.6 Å².